The lowest BCUT2D eigenvalue weighted by Crippen LogP contribution is -2.35. The van der Waals surface area contributed by atoms with Crippen molar-refractivity contribution in [3.8, 4) is 0 Å². The van der Waals surface area contributed by atoms with E-state index >= 15 is 0 Å². The summed E-state index contributed by atoms with van der Waals surface area (Å²) < 4.78 is 0. The Kier molecular flexibility index (Phi) is 5.41. The van der Waals surface area contributed by atoms with Crippen molar-refractivity contribution < 1.29 is 5.11 Å². The van der Waals surface area contributed by atoms with Crippen LogP contribution in [0.1, 0.15) is 50.7 Å². The summed E-state index contributed by atoms with van der Waals surface area (Å²) in [5, 5.41) is 12.7. The van der Waals surface area contributed by atoms with Crippen molar-refractivity contribution >= 4 is 0 Å². The highest BCUT2D eigenvalue weighted by atomic mass is 16.3. The minimum atomic E-state index is 0.131. The van der Waals surface area contributed by atoms with Crippen LogP contribution in [0.2, 0.25) is 0 Å². The predicted octanol–water partition coefficient (Wildman–Crippen LogP) is 3.48. The Hall–Kier alpha value is -0.860. The number of aliphatic hydroxyl groups excluding tert-OH is 1. The summed E-state index contributed by atoms with van der Waals surface area (Å²) in [5.74, 6) is 1.71. The van der Waals surface area contributed by atoms with Crippen LogP contribution in [0, 0.1) is 11.8 Å². The molecule has 0 heterocycles. The first-order valence-electron chi connectivity index (χ1n) is 7.61. The standard InChI is InChI=1S/C17H27NO/c1-13(2)16-4-3-5-17(10-16)18-11-14-6-8-15(12-19)9-7-14/h6-9,13,16-19H,3-5,10-12H2,1-2H3. The molecule has 1 fully saturated rings. The number of hydrogen-bond acceptors (Lipinski definition) is 2. The van der Waals surface area contributed by atoms with Crippen LogP contribution in [0.25, 0.3) is 0 Å². The maximum atomic E-state index is 9.03. The zero-order valence-corrected chi connectivity index (χ0v) is 12.2. The van der Waals surface area contributed by atoms with E-state index in [1.54, 1.807) is 0 Å². The molecule has 1 aromatic carbocycles. The highest BCUT2D eigenvalue weighted by Crippen LogP contribution is 2.30. The van der Waals surface area contributed by atoms with E-state index < -0.39 is 0 Å². The van der Waals surface area contributed by atoms with E-state index in [0.29, 0.717) is 6.04 Å². The summed E-state index contributed by atoms with van der Waals surface area (Å²) in [5.41, 5.74) is 2.30. The van der Waals surface area contributed by atoms with Crippen LogP contribution >= 0.6 is 0 Å². The topological polar surface area (TPSA) is 32.3 Å². The second kappa shape index (κ2) is 7.06. The van der Waals surface area contributed by atoms with Crippen LogP contribution in [0.15, 0.2) is 24.3 Å². The molecule has 0 bridgehead atoms. The number of benzene rings is 1. The van der Waals surface area contributed by atoms with Crippen molar-refractivity contribution in [1.29, 1.82) is 0 Å². The van der Waals surface area contributed by atoms with Gasteiger partial charge in [-0.3, -0.25) is 0 Å². The maximum Gasteiger partial charge on any atom is 0.0681 e. The lowest BCUT2D eigenvalue weighted by Gasteiger charge is -2.32. The molecule has 2 rings (SSSR count). The van der Waals surface area contributed by atoms with E-state index in [2.05, 4.69) is 31.3 Å². The van der Waals surface area contributed by atoms with E-state index in [1.165, 1.54) is 31.2 Å². The van der Waals surface area contributed by atoms with E-state index in [0.717, 1.165) is 23.9 Å². The lowest BCUT2D eigenvalue weighted by molar-refractivity contribution is 0.231. The quantitative estimate of drug-likeness (QED) is 0.850. The van der Waals surface area contributed by atoms with Crippen LogP contribution in [0.3, 0.4) is 0 Å². The molecule has 0 aromatic heterocycles. The van der Waals surface area contributed by atoms with Gasteiger partial charge < -0.3 is 10.4 Å². The van der Waals surface area contributed by atoms with Gasteiger partial charge >= 0.3 is 0 Å². The van der Waals surface area contributed by atoms with Gasteiger partial charge in [0.25, 0.3) is 0 Å². The van der Waals surface area contributed by atoms with Crippen LogP contribution in [-0.2, 0) is 13.2 Å². The minimum absolute atomic E-state index is 0.131. The summed E-state index contributed by atoms with van der Waals surface area (Å²) in [6, 6.07) is 8.92. The van der Waals surface area contributed by atoms with Crippen LogP contribution in [0.5, 0.6) is 0 Å². The third kappa shape index (κ3) is 4.32. The van der Waals surface area contributed by atoms with Crippen LogP contribution in [-0.4, -0.2) is 11.1 Å². The smallest absolute Gasteiger partial charge is 0.0681 e. The van der Waals surface area contributed by atoms with E-state index in [9.17, 15) is 0 Å². The van der Waals surface area contributed by atoms with Gasteiger partial charge in [0.2, 0.25) is 0 Å². The number of rotatable bonds is 5. The molecule has 2 heteroatoms. The highest BCUT2D eigenvalue weighted by Gasteiger charge is 2.23. The molecule has 0 saturated heterocycles. The van der Waals surface area contributed by atoms with Crippen LogP contribution < -0.4 is 5.32 Å². The molecule has 2 nitrogen and oxygen atoms in total. The molecule has 106 valence electrons. The summed E-state index contributed by atoms with van der Waals surface area (Å²) in [4.78, 5) is 0. The average Bonchev–Trinajstić information content (AvgIpc) is 2.46. The van der Waals surface area contributed by atoms with Gasteiger partial charge in [-0.2, -0.15) is 0 Å². The van der Waals surface area contributed by atoms with Gasteiger partial charge in [0.1, 0.15) is 0 Å². The van der Waals surface area contributed by atoms with Crippen molar-refractivity contribution in [1.82, 2.24) is 5.32 Å². The molecule has 0 radical (unpaired) electrons. The van der Waals surface area contributed by atoms with Crippen LogP contribution in [0.4, 0.5) is 0 Å². The molecule has 1 saturated carbocycles. The van der Waals surface area contributed by atoms with E-state index in [1.807, 2.05) is 12.1 Å². The average molecular weight is 261 g/mol. The molecule has 1 aromatic rings. The molecule has 1 aliphatic carbocycles. The summed E-state index contributed by atoms with van der Waals surface area (Å²) in [7, 11) is 0. The van der Waals surface area contributed by atoms with Crippen molar-refractivity contribution in [3.63, 3.8) is 0 Å². The van der Waals surface area contributed by atoms with E-state index in [-0.39, 0.29) is 6.61 Å². The van der Waals surface area contributed by atoms with E-state index in [4.69, 9.17) is 5.11 Å². The summed E-state index contributed by atoms with van der Waals surface area (Å²) in [6.07, 6.45) is 5.41. The van der Waals surface area contributed by atoms with Crippen molar-refractivity contribution in [2.75, 3.05) is 0 Å². The Morgan fingerprint density at radius 1 is 1.16 bits per heavy atom. The number of nitrogens with one attached hydrogen (secondary N) is 1. The fraction of sp³-hybridized carbons (Fsp3) is 0.647. The van der Waals surface area contributed by atoms with Gasteiger partial charge in [-0.15, -0.1) is 0 Å². The number of aliphatic hydroxyl groups is 1. The summed E-state index contributed by atoms with van der Waals surface area (Å²) >= 11 is 0. The Morgan fingerprint density at radius 2 is 1.84 bits per heavy atom. The molecular formula is C17H27NO. The summed E-state index contributed by atoms with van der Waals surface area (Å²) in [6.45, 7) is 5.77. The maximum absolute atomic E-state index is 9.03. The second-order valence-electron chi connectivity index (χ2n) is 6.22. The zero-order chi connectivity index (χ0) is 13.7. The normalized spacial score (nSPS) is 23.8. The largest absolute Gasteiger partial charge is 0.392 e. The molecule has 0 amide bonds. The fourth-order valence-electron chi connectivity index (χ4n) is 3.04. The van der Waals surface area contributed by atoms with Gasteiger partial charge in [0.15, 0.2) is 0 Å². The Morgan fingerprint density at radius 3 is 2.47 bits per heavy atom. The molecule has 2 unspecified atom stereocenters. The molecule has 19 heavy (non-hydrogen) atoms. The minimum Gasteiger partial charge on any atom is -0.392 e. The molecule has 0 aliphatic heterocycles. The predicted molar refractivity (Wildman–Crippen MR) is 79.8 cm³/mol. The van der Waals surface area contributed by atoms with Gasteiger partial charge in [-0.1, -0.05) is 51.0 Å². The first-order chi connectivity index (χ1) is 9.19. The molecular weight excluding hydrogens is 234 g/mol. The molecule has 0 spiro atoms. The van der Waals surface area contributed by atoms with Crippen molar-refractivity contribution in [2.24, 2.45) is 11.8 Å². The highest BCUT2D eigenvalue weighted by molar-refractivity contribution is 5.21. The van der Waals surface area contributed by atoms with Gasteiger partial charge in [-0.25, -0.2) is 0 Å². The van der Waals surface area contributed by atoms with Gasteiger partial charge in [-0.05, 0) is 35.8 Å². The Balaban J connectivity index is 1.80. The first kappa shape index (κ1) is 14.5. The third-order valence-corrected chi connectivity index (χ3v) is 4.46. The molecule has 2 N–H and O–H groups in total. The van der Waals surface area contributed by atoms with Gasteiger partial charge in [0, 0.05) is 12.6 Å². The first-order valence-corrected chi connectivity index (χ1v) is 7.61. The van der Waals surface area contributed by atoms with Crippen molar-refractivity contribution in [3.05, 3.63) is 35.4 Å². The Labute approximate surface area is 117 Å². The lowest BCUT2D eigenvalue weighted by atomic mass is 9.79. The SMILES string of the molecule is CC(C)C1CCCC(NCc2ccc(CO)cc2)C1. The molecule has 2 atom stereocenters. The van der Waals surface area contributed by atoms with Crippen molar-refractivity contribution in [2.45, 2.75) is 58.7 Å². The fourth-order valence-corrected chi connectivity index (χ4v) is 3.04. The zero-order valence-electron chi connectivity index (χ0n) is 12.2. The monoisotopic (exact) mass is 261 g/mol. The second-order valence-corrected chi connectivity index (χ2v) is 6.22. The number of hydrogen-bond donors (Lipinski definition) is 2. The van der Waals surface area contributed by atoms with Gasteiger partial charge in [0.05, 0.1) is 6.61 Å². The third-order valence-electron chi connectivity index (χ3n) is 4.46. The Bertz CT molecular complexity index is 371. The molecule has 1 aliphatic rings.